The van der Waals surface area contributed by atoms with E-state index in [0.717, 1.165) is 0 Å². The van der Waals surface area contributed by atoms with Crippen LogP contribution in [0.2, 0.25) is 0 Å². The van der Waals surface area contributed by atoms with Crippen LogP contribution >= 0.6 is 0 Å². The highest BCUT2D eigenvalue weighted by molar-refractivity contribution is 5.92. The van der Waals surface area contributed by atoms with Gasteiger partial charge in [-0.3, -0.25) is 14.6 Å². The van der Waals surface area contributed by atoms with Crippen LogP contribution in [0.1, 0.15) is 5.56 Å². The van der Waals surface area contributed by atoms with Crippen molar-refractivity contribution in [1.29, 1.82) is 0 Å². The lowest BCUT2D eigenvalue weighted by Gasteiger charge is -1.96. The number of fused-ring (bicyclic) bond motifs is 1. The van der Waals surface area contributed by atoms with Gasteiger partial charge in [0, 0.05) is 5.56 Å². The maximum absolute atomic E-state index is 11.5. The highest BCUT2D eigenvalue weighted by Crippen LogP contribution is 2.07. The molecule has 0 aliphatic rings. The molecule has 0 unspecified atom stereocenters. The van der Waals surface area contributed by atoms with Crippen LogP contribution in [-0.4, -0.2) is 15.9 Å². The first-order chi connectivity index (χ1) is 8.06. The molecule has 1 aromatic carbocycles. The molecule has 6 heteroatoms. The van der Waals surface area contributed by atoms with Crippen LogP contribution in [0.5, 0.6) is 0 Å². The molecule has 6 nitrogen and oxygen atoms in total. The van der Waals surface area contributed by atoms with Gasteiger partial charge in [0.25, 0.3) is 11.5 Å². The van der Waals surface area contributed by atoms with Gasteiger partial charge in [-0.05, 0) is 24.1 Å². The van der Waals surface area contributed by atoms with Crippen LogP contribution in [-0.2, 0) is 4.79 Å². The molecule has 0 atom stereocenters. The lowest BCUT2D eigenvalue weighted by Crippen LogP contribution is -2.21. The molecule has 0 fully saturated rings. The molecule has 0 spiro atoms. The van der Waals surface area contributed by atoms with Gasteiger partial charge in [-0.2, -0.15) is 0 Å². The minimum absolute atomic E-state index is 0.292. The highest BCUT2D eigenvalue weighted by Gasteiger charge is 2.00. The van der Waals surface area contributed by atoms with Crippen molar-refractivity contribution in [3.8, 4) is 11.8 Å². The van der Waals surface area contributed by atoms with E-state index in [1.54, 1.807) is 6.07 Å². The number of aromatic amines is 2. The topological polar surface area (TPSA) is 109 Å². The summed E-state index contributed by atoms with van der Waals surface area (Å²) in [5, 5.41) is 0.292. The summed E-state index contributed by atoms with van der Waals surface area (Å²) in [6.45, 7) is 0. The van der Waals surface area contributed by atoms with Crippen LogP contribution in [0.4, 0.5) is 0 Å². The standard InChI is InChI=1S/C11H7N3O3/c12-9(15)4-2-6-1-3-8-7(5-6)10(16)14-11(17)13-8/h1,3,5H,(H2,12,15)(H2,13,14,16,17). The number of nitrogens with two attached hydrogens (primary N) is 1. The minimum Gasteiger partial charge on any atom is -0.359 e. The van der Waals surface area contributed by atoms with Gasteiger partial charge in [0.1, 0.15) is 0 Å². The second-order valence-electron chi connectivity index (χ2n) is 3.28. The molecule has 1 heterocycles. The summed E-state index contributed by atoms with van der Waals surface area (Å²) < 4.78 is 0. The first-order valence-corrected chi connectivity index (χ1v) is 4.64. The quantitative estimate of drug-likeness (QED) is 0.507. The molecule has 0 saturated heterocycles. The van der Waals surface area contributed by atoms with Crippen LogP contribution in [0.25, 0.3) is 10.9 Å². The molecule has 0 radical (unpaired) electrons. The van der Waals surface area contributed by atoms with Gasteiger partial charge in [-0.1, -0.05) is 5.92 Å². The SMILES string of the molecule is NC(=O)C#Cc1ccc2[nH]c(=O)[nH]c(=O)c2c1. The van der Waals surface area contributed by atoms with E-state index in [9.17, 15) is 14.4 Å². The third kappa shape index (κ3) is 2.23. The average Bonchev–Trinajstić information content (AvgIpc) is 2.26. The van der Waals surface area contributed by atoms with Crippen LogP contribution in [0.15, 0.2) is 27.8 Å². The van der Waals surface area contributed by atoms with Crippen molar-refractivity contribution in [1.82, 2.24) is 9.97 Å². The van der Waals surface area contributed by atoms with Gasteiger partial charge in [-0.25, -0.2) is 4.79 Å². The third-order valence-electron chi connectivity index (χ3n) is 2.07. The average molecular weight is 229 g/mol. The number of hydrogen-bond acceptors (Lipinski definition) is 3. The molecule has 0 saturated carbocycles. The Labute approximate surface area is 94.5 Å². The van der Waals surface area contributed by atoms with E-state index in [2.05, 4.69) is 21.8 Å². The fourth-order valence-electron chi connectivity index (χ4n) is 1.38. The van der Waals surface area contributed by atoms with Crippen LogP contribution in [0, 0.1) is 11.8 Å². The largest absolute Gasteiger partial charge is 0.359 e. The fraction of sp³-hybridized carbons (Fsp3) is 0. The van der Waals surface area contributed by atoms with Gasteiger partial charge in [-0.15, -0.1) is 0 Å². The van der Waals surface area contributed by atoms with Crippen LogP contribution in [0.3, 0.4) is 0 Å². The third-order valence-corrected chi connectivity index (χ3v) is 2.07. The van der Waals surface area contributed by atoms with Gasteiger partial charge >= 0.3 is 5.69 Å². The monoisotopic (exact) mass is 229 g/mol. The van der Waals surface area contributed by atoms with Gasteiger partial charge in [0.15, 0.2) is 0 Å². The van der Waals surface area contributed by atoms with Crippen molar-refractivity contribution >= 4 is 16.8 Å². The number of primary amides is 1. The zero-order chi connectivity index (χ0) is 12.4. The maximum Gasteiger partial charge on any atom is 0.326 e. The Hall–Kier alpha value is -2.81. The summed E-state index contributed by atoms with van der Waals surface area (Å²) in [6.07, 6.45) is 0. The van der Waals surface area contributed by atoms with E-state index in [-0.39, 0.29) is 0 Å². The number of benzene rings is 1. The zero-order valence-electron chi connectivity index (χ0n) is 8.53. The summed E-state index contributed by atoms with van der Waals surface area (Å²) in [6, 6.07) is 4.59. The van der Waals surface area contributed by atoms with Crippen molar-refractivity contribution in [2.75, 3.05) is 0 Å². The number of nitrogens with one attached hydrogen (secondary N) is 2. The van der Waals surface area contributed by atoms with Crippen LogP contribution < -0.4 is 17.0 Å². The molecule has 1 amide bonds. The van der Waals surface area contributed by atoms with Crippen molar-refractivity contribution < 1.29 is 4.79 Å². The molecule has 4 N–H and O–H groups in total. The fourth-order valence-corrected chi connectivity index (χ4v) is 1.38. The number of aromatic nitrogens is 2. The summed E-state index contributed by atoms with van der Waals surface area (Å²) in [7, 11) is 0. The lowest BCUT2D eigenvalue weighted by atomic mass is 10.1. The molecular formula is C11H7N3O3. The Balaban J connectivity index is 2.68. The van der Waals surface area contributed by atoms with E-state index >= 15 is 0 Å². The number of hydrogen-bond donors (Lipinski definition) is 3. The molecular weight excluding hydrogens is 222 g/mol. The van der Waals surface area contributed by atoms with E-state index in [0.29, 0.717) is 16.5 Å². The van der Waals surface area contributed by atoms with E-state index in [1.807, 2.05) is 0 Å². The second kappa shape index (κ2) is 3.98. The van der Waals surface area contributed by atoms with Gasteiger partial charge in [0.05, 0.1) is 10.9 Å². The molecule has 2 rings (SSSR count). The number of rotatable bonds is 0. The first-order valence-electron chi connectivity index (χ1n) is 4.64. The Morgan fingerprint density at radius 2 is 2.00 bits per heavy atom. The summed E-state index contributed by atoms with van der Waals surface area (Å²) >= 11 is 0. The normalized spacial score (nSPS) is 9.65. The molecule has 84 valence electrons. The number of carbonyl (C=O) groups excluding carboxylic acids is 1. The minimum atomic E-state index is -0.750. The summed E-state index contributed by atoms with van der Waals surface area (Å²) in [5.41, 5.74) is 4.67. The number of carbonyl (C=O) groups is 1. The second-order valence-corrected chi connectivity index (χ2v) is 3.28. The molecule has 0 aliphatic heterocycles. The molecule has 0 bridgehead atoms. The van der Waals surface area contributed by atoms with Gasteiger partial charge < -0.3 is 10.7 Å². The summed E-state index contributed by atoms with van der Waals surface area (Å²) in [4.78, 5) is 37.5. The Morgan fingerprint density at radius 1 is 1.24 bits per heavy atom. The Kier molecular flexibility index (Phi) is 2.51. The van der Waals surface area contributed by atoms with E-state index in [4.69, 9.17) is 5.73 Å². The van der Waals surface area contributed by atoms with E-state index in [1.165, 1.54) is 12.1 Å². The van der Waals surface area contributed by atoms with Crippen molar-refractivity contribution in [3.05, 3.63) is 44.6 Å². The summed E-state index contributed by atoms with van der Waals surface area (Å²) in [5.74, 6) is 3.92. The molecule has 0 aliphatic carbocycles. The van der Waals surface area contributed by atoms with Crippen molar-refractivity contribution in [3.63, 3.8) is 0 Å². The zero-order valence-corrected chi connectivity index (χ0v) is 8.53. The van der Waals surface area contributed by atoms with Gasteiger partial charge in [0.2, 0.25) is 0 Å². The Morgan fingerprint density at radius 3 is 2.71 bits per heavy atom. The predicted molar refractivity (Wildman–Crippen MR) is 61.3 cm³/mol. The number of amides is 1. The van der Waals surface area contributed by atoms with Crippen molar-refractivity contribution in [2.45, 2.75) is 0 Å². The Bertz CT molecular complexity index is 774. The first kappa shape index (κ1) is 10.7. The smallest absolute Gasteiger partial charge is 0.326 e. The van der Waals surface area contributed by atoms with E-state index < -0.39 is 17.2 Å². The predicted octanol–water partition coefficient (Wildman–Crippen LogP) is -0.947. The molecule has 17 heavy (non-hydrogen) atoms. The lowest BCUT2D eigenvalue weighted by molar-refractivity contribution is -0.112. The van der Waals surface area contributed by atoms with Crippen molar-refractivity contribution in [2.24, 2.45) is 5.73 Å². The molecule has 2 aromatic rings. The number of H-pyrrole nitrogens is 2. The molecule has 1 aromatic heterocycles. The maximum atomic E-state index is 11.5. The highest BCUT2D eigenvalue weighted by atomic mass is 16.2.